The van der Waals surface area contributed by atoms with E-state index >= 15 is 0 Å². The molecule has 4 rings (SSSR count). The molecule has 1 fully saturated rings. The average Bonchev–Trinajstić information content (AvgIpc) is 2.69. The standard InChI is InChI=1S/C22H24ClN5/c1-16-6-3-4-9-20(16)25-22-24-17(2)14-21(26-22)28-12-10-27(11-13-28)19-8-5-7-18(23)15-19/h3-9,14-15H,10-13H2,1-2H3,(H,24,25,26). The highest BCUT2D eigenvalue weighted by molar-refractivity contribution is 6.30. The fourth-order valence-electron chi connectivity index (χ4n) is 3.47. The van der Waals surface area contributed by atoms with Crippen molar-refractivity contribution in [1.82, 2.24) is 9.97 Å². The van der Waals surface area contributed by atoms with Crippen LogP contribution >= 0.6 is 11.6 Å². The Morgan fingerprint density at radius 3 is 2.36 bits per heavy atom. The summed E-state index contributed by atoms with van der Waals surface area (Å²) in [5, 5.41) is 4.14. The highest BCUT2D eigenvalue weighted by Crippen LogP contribution is 2.24. The molecule has 144 valence electrons. The molecular formula is C22H24ClN5. The third-order valence-electron chi connectivity index (χ3n) is 5.01. The van der Waals surface area contributed by atoms with E-state index in [0.717, 1.165) is 48.4 Å². The van der Waals surface area contributed by atoms with Crippen LogP contribution < -0.4 is 15.1 Å². The molecule has 1 aliphatic rings. The first kappa shape index (κ1) is 18.6. The van der Waals surface area contributed by atoms with Gasteiger partial charge in [0.25, 0.3) is 0 Å². The second-order valence-electron chi connectivity index (χ2n) is 7.09. The van der Waals surface area contributed by atoms with E-state index in [-0.39, 0.29) is 0 Å². The molecule has 0 aliphatic carbocycles. The topological polar surface area (TPSA) is 44.3 Å². The van der Waals surface area contributed by atoms with Gasteiger partial charge in [-0.05, 0) is 43.7 Å². The van der Waals surface area contributed by atoms with Crippen LogP contribution in [-0.4, -0.2) is 36.1 Å². The molecule has 0 spiro atoms. The second kappa shape index (κ2) is 8.07. The lowest BCUT2D eigenvalue weighted by molar-refractivity contribution is 0.647. The number of aromatic nitrogens is 2. The van der Waals surface area contributed by atoms with E-state index in [0.29, 0.717) is 5.95 Å². The lowest BCUT2D eigenvalue weighted by atomic mass is 10.2. The molecule has 2 aromatic carbocycles. The third-order valence-corrected chi connectivity index (χ3v) is 5.24. The Morgan fingerprint density at radius 1 is 0.857 bits per heavy atom. The number of nitrogens with zero attached hydrogens (tertiary/aromatic N) is 4. The highest BCUT2D eigenvalue weighted by atomic mass is 35.5. The molecule has 3 aromatic rings. The molecule has 0 bridgehead atoms. The van der Waals surface area contributed by atoms with Gasteiger partial charge in [0, 0.05) is 54.3 Å². The summed E-state index contributed by atoms with van der Waals surface area (Å²) < 4.78 is 0. The summed E-state index contributed by atoms with van der Waals surface area (Å²) in [6.45, 7) is 7.78. The maximum absolute atomic E-state index is 6.14. The van der Waals surface area contributed by atoms with Gasteiger partial charge in [-0.25, -0.2) is 4.98 Å². The molecule has 1 saturated heterocycles. The van der Waals surface area contributed by atoms with Crippen molar-refractivity contribution in [2.75, 3.05) is 41.3 Å². The van der Waals surface area contributed by atoms with E-state index in [9.17, 15) is 0 Å². The maximum Gasteiger partial charge on any atom is 0.229 e. The van der Waals surface area contributed by atoms with Crippen molar-refractivity contribution in [2.45, 2.75) is 13.8 Å². The van der Waals surface area contributed by atoms with Gasteiger partial charge in [-0.1, -0.05) is 35.9 Å². The van der Waals surface area contributed by atoms with Crippen molar-refractivity contribution >= 4 is 34.7 Å². The van der Waals surface area contributed by atoms with Gasteiger partial charge in [-0.3, -0.25) is 0 Å². The van der Waals surface area contributed by atoms with Gasteiger partial charge >= 0.3 is 0 Å². The van der Waals surface area contributed by atoms with Gasteiger partial charge in [-0.15, -0.1) is 0 Å². The van der Waals surface area contributed by atoms with Crippen LogP contribution in [0.15, 0.2) is 54.6 Å². The summed E-state index contributed by atoms with van der Waals surface area (Å²) in [6, 6.07) is 18.3. The quantitative estimate of drug-likeness (QED) is 0.688. The molecule has 0 atom stereocenters. The maximum atomic E-state index is 6.14. The van der Waals surface area contributed by atoms with E-state index in [1.165, 1.54) is 11.3 Å². The Balaban J connectivity index is 1.48. The minimum absolute atomic E-state index is 0.640. The second-order valence-corrected chi connectivity index (χ2v) is 7.52. The summed E-state index contributed by atoms with van der Waals surface area (Å²) in [4.78, 5) is 14.0. The Kier molecular flexibility index (Phi) is 5.35. The molecule has 0 unspecified atom stereocenters. The number of benzene rings is 2. The lowest BCUT2D eigenvalue weighted by Gasteiger charge is -2.37. The summed E-state index contributed by atoms with van der Waals surface area (Å²) in [5.41, 5.74) is 4.33. The fourth-order valence-corrected chi connectivity index (χ4v) is 3.65. The van der Waals surface area contributed by atoms with Gasteiger partial charge in [0.1, 0.15) is 5.82 Å². The lowest BCUT2D eigenvalue weighted by Crippen LogP contribution is -2.46. The van der Waals surface area contributed by atoms with Crippen molar-refractivity contribution in [3.8, 4) is 0 Å². The predicted octanol–water partition coefficient (Wildman–Crippen LogP) is 4.82. The van der Waals surface area contributed by atoms with Crippen molar-refractivity contribution < 1.29 is 0 Å². The van der Waals surface area contributed by atoms with Crippen LogP contribution in [-0.2, 0) is 0 Å². The van der Waals surface area contributed by atoms with Gasteiger partial charge in [-0.2, -0.15) is 4.98 Å². The molecule has 0 saturated carbocycles. The number of rotatable bonds is 4. The molecular weight excluding hydrogens is 370 g/mol. The number of hydrogen-bond acceptors (Lipinski definition) is 5. The number of anilines is 4. The van der Waals surface area contributed by atoms with Gasteiger partial charge in [0.15, 0.2) is 0 Å². The average molecular weight is 394 g/mol. The number of aryl methyl sites for hydroxylation is 2. The van der Waals surface area contributed by atoms with Crippen molar-refractivity contribution in [3.63, 3.8) is 0 Å². The third kappa shape index (κ3) is 4.20. The van der Waals surface area contributed by atoms with Gasteiger partial charge < -0.3 is 15.1 Å². The number of halogens is 1. The molecule has 0 radical (unpaired) electrons. The van der Waals surface area contributed by atoms with Gasteiger partial charge in [0.05, 0.1) is 0 Å². The zero-order valence-electron chi connectivity index (χ0n) is 16.2. The monoisotopic (exact) mass is 393 g/mol. The first-order valence-electron chi connectivity index (χ1n) is 9.52. The SMILES string of the molecule is Cc1cc(N2CCN(c3cccc(Cl)c3)CC2)nc(Nc2ccccc2C)n1. The summed E-state index contributed by atoms with van der Waals surface area (Å²) >= 11 is 6.14. The van der Waals surface area contributed by atoms with E-state index in [1.807, 2.05) is 43.3 Å². The van der Waals surface area contributed by atoms with Crippen LogP contribution in [0, 0.1) is 13.8 Å². The molecule has 1 aliphatic heterocycles. The van der Waals surface area contributed by atoms with Crippen molar-refractivity contribution in [1.29, 1.82) is 0 Å². The van der Waals surface area contributed by atoms with Crippen LogP contribution in [0.25, 0.3) is 0 Å². The number of nitrogens with one attached hydrogen (secondary N) is 1. The van der Waals surface area contributed by atoms with E-state index < -0.39 is 0 Å². The predicted molar refractivity (Wildman–Crippen MR) is 117 cm³/mol. The molecule has 28 heavy (non-hydrogen) atoms. The normalized spacial score (nSPS) is 14.2. The first-order valence-corrected chi connectivity index (χ1v) is 9.90. The zero-order chi connectivity index (χ0) is 19.5. The number of para-hydroxylation sites is 1. The fraction of sp³-hybridized carbons (Fsp3) is 0.273. The first-order chi connectivity index (χ1) is 13.6. The van der Waals surface area contributed by atoms with Crippen LogP contribution in [0.5, 0.6) is 0 Å². The van der Waals surface area contributed by atoms with Crippen molar-refractivity contribution in [2.24, 2.45) is 0 Å². The highest BCUT2D eigenvalue weighted by Gasteiger charge is 2.19. The van der Waals surface area contributed by atoms with Crippen LogP contribution in [0.4, 0.5) is 23.1 Å². The Hall–Kier alpha value is -2.79. The zero-order valence-corrected chi connectivity index (χ0v) is 16.9. The molecule has 6 heteroatoms. The van der Waals surface area contributed by atoms with Crippen LogP contribution in [0.1, 0.15) is 11.3 Å². The van der Waals surface area contributed by atoms with E-state index in [4.69, 9.17) is 16.6 Å². The minimum atomic E-state index is 0.640. The Morgan fingerprint density at radius 2 is 1.61 bits per heavy atom. The van der Waals surface area contributed by atoms with Crippen molar-refractivity contribution in [3.05, 3.63) is 70.9 Å². The molecule has 1 aromatic heterocycles. The molecule has 5 nitrogen and oxygen atoms in total. The van der Waals surface area contributed by atoms with E-state index in [1.54, 1.807) is 0 Å². The smallest absolute Gasteiger partial charge is 0.229 e. The molecule has 0 amide bonds. The summed E-state index contributed by atoms with van der Waals surface area (Å²) in [5.74, 6) is 1.61. The minimum Gasteiger partial charge on any atom is -0.368 e. The van der Waals surface area contributed by atoms with Gasteiger partial charge in [0.2, 0.25) is 5.95 Å². The van der Waals surface area contributed by atoms with E-state index in [2.05, 4.69) is 45.2 Å². The number of piperazine rings is 1. The molecule has 2 heterocycles. The summed E-state index contributed by atoms with van der Waals surface area (Å²) in [7, 11) is 0. The van der Waals surface area contributed by atoms with Crippen LogP contribution in [0.2, 0.25) is 5.02 Å². The van der Waals surface area contributed by atoms with Crippen LogP contribution in [0.3, 0.4) is 0 Å². The Labute approximate surface area is 171 Å². The number of hydrogen-bond donors (Lipinski definition) is 1. The summed E-state index contributed by atoms with van der Waals surface area (Å²) in [6.07, 6.45) is 0. The Bertz CT molecular complexity index is 967. The molecule has 1 N–H and O–H groups in total. The largest absolute Gasteiger partial charge is 0.368 e.